The summed E-state index contributed by atoms with van der Waals surface area (Å²) in [6.45, 7) is 5.57. The molecule has 1 heterocycles. The minimum Gasteiger partial charge on any atom is -0.239 e. The fourth-order valence-electron chi connectivity index (χ4n) is 1.89. The van der Waals surface area contributed by atoms with E-state index < -0.39 is 10.2 Å². The van der Waals surface area contributed by atoms with Crippen LogP contribution in [0.1, 0.15) is 31.8 Å². The van der Waals surface area contributed by atoms with Crippen molar-refractivity contribution >= 4 is 31.8 Å². The van der Waals surface area contributed by atoms with Gasteiger partial charge in [-0.15, -0.1) is 11.3 Å². The van der Waals surface area contributed by atoms with Gasteiger partial charge in [0.05, 0.1) is 16.3 Å². The second kappa shape index (κ2) is 6.00. The molecule has 0 aliphatic heterocycles. The first-order chi connectivity index (χ1) is 9.75. The van der Waals surface area contributed by atoms with Crippen LogP contribution in [0.4, 0.5) is 0 Å². The van der Waals surface area contributed by atoms with Crippen LogP contribution >= 0.6 is 11.3 Å². The maximum absolute atomic E-state index is 12.5. The minimum atomic E-state index is -3.49. The number of thiazole rings is 1. The Morgan fingerprint density at radius 3 is 2.29 bits per heavy atom. The minimum absolute atomic E-state index is 0.0833. The number of aromatic nitrogens is 1. The molecule has 0 spiro atoms. The van der Waals surface area contributed by atoms with Crippen molar-refractivity contribution in [1.82, 2.24) is 13.6 Å². The van der Waals surface area contributed by atoms with Gasteiger partial charge in [0.25, 0.3) is 10.2 Å². The SMILES string of the molecule is CC(C)N(C)S(=O)(=O)N(C)C(C)c1nc2ccccc2s1. The van der Waals surface area contributed by atoms with Crippen LogP contribution in [0.5, 0.6) is 0 Å². The fraction of sp³-hybridized carbons (Fsp3) is 0.500. The van der Waals surface area contributed by atoms with E-state index in [0.29, 0.717) is 0 Å². The highest BCUT2D eigenvalue weighted by Crippen LogP contribution is 2.30. The van der Waals surface area contributed by atoms with Gasteiger partial charge >= 0.3 is 0 Å². The maximum Gasteiger partial charge on any atom is 0.282 e. The summed E-state index contributed by atoms with van der Waals surface area (Å²) < 4.78 is 28.9. The lowest BCUT2D eigenvalue weighted by molar-refractivity contribution is 0.327. The predicted octanol–water partition coefficient (Wildman–Crippen LogP) is 2.87. The molecule has 1 aromatic heterocycles. The van der Waals surface area contributed by atoms with E-state index in [4.69, 9.17) is 0 Å². The number of nitrogens with zero attached hydrogens (tertiary/aromatic N) is 3. The number of hydrogen-bond acceptors (Lipinski definition) is 4. The monoisotopic (exact) mass is 327 g/mol. The average Bonchev–Trinajstić information content (AvgIpc) is 2.88. The zero-order chi connectivity index (χ0) is 15.8. The van der Waals surface area contributed by atoms with E-state index in [0.717, 1.165) is 15.2 Å². The molecule has 1 atom stereocenters. The lowest BCUT2D eigenvalue weighted by atomic mass is 10.3. The molecule has 1 unspecified atom stereocenters. The van der Waals surface area contributed by atoms with Gasteiger partial charge in [-0.3, -0.25) is 0 Å². The highest BCUT2D eigenvalue weighted by Gasteiger charge is 2.31. The number of fused-ring (bicyclic) bond motifs is 1. The van der Waals surface area contributed by atoms with E-state index in [9.17, 15) is 8.42 Å². The maximum atomic E-state index is 12.5. The van der Waals surface area contributed by atoms with Crippen LogP contribution < -0.4 is 0 Å². The van der Waals surface area contributed by atoms with Crippen molar-refractivity contribution in [3.63, 3.8) is 0 Å². The molecule has 1 aromatic carbocycles. The van der Waals surface area contributed by atoms with Crippen molar-refractivity contribution < 1.29 is 8.42 Å². The molecule has 2 rings (SSSR count). The van der Waals surface area contributed by atoms with Gasteiger partial charge in [-0.2, -0.15) is 17.0 Å². The zero-order valence-electron chi connectivity index (χ0n) is 12.9. The van der Waals surface area contributed by atoms with Crippen molar-refractivity contribution in [3.8, 4) is 0 Å². The van der Waals surface area contributed by atoms with E-state index >= 15 is 0 Å². The normalized spacial score (nSPS) is 14.5. The Morgan fingerprint density at radius 1 is 1.10 bits per heavy atom. The summed E-state index contributed by atoms with van der Waals surface area (Å²) >= 11 is 1.53. The first-order valence-corrected chi connectivity index (χ1v) is 9.03. The Morgan fingerprint density at radius 2 is 1.71 bits per heavy atom. The van der Waals surface area contributed by atoms with Gasteiger partial charge in [-0.25, -0.2) is 4.98 Å². The molecule has 0 saturated heterocycles. The molecule has 0 aliphatic rings. The third kappa shape index (κ3) is 3.11. The molecule has 0 amide bonds. The summed E-state index contributed by atoms with van der Waals surface area (Å²) in [7, 11) is -0.289. The Hall–Kier alpha value is -1.02. The molecule has 116 valence electrons. The van der Waals surface area contributed by atoms with Gasteiger partial charge in [0.1, 0.15) is 5.01 Å². The summed E-state index contributed by atoms with van der Waals surface area (Å²) in [5.41, 5.74) is 0.910. The van der Waals surface area contributed by atoms with E-state index in [-0.39, 0.29) is 12.1 Å². The summed E-state index contributed by atoms with van der Waals surface area (Å²) in [5.74, 6) is 0. The molecular weight excluding hydrogens is 306 g/mol. The van der Waals surface area contributed by atoms with E-state index in [1.165, 1.54) is 19.9 Å². The van der Waals surface area contributed by atoms with Crippen LogP contribution in [-0.2, 0) is 10.2 Å². The molecule has 0 fully saturated rings. The summed E-state index contributed by atoms with van der Waals surface area (Å²) in [5, 5.41) is 0.805. The molecule has 0 saturated carbocycles. The van der Waals surface area contributed by atoms with Crippen LogP contribution in [0.3, 0.4) is 0 Å². The second-order valence-corrected chi connectivity index (χ2v) is 8.44. The highest BCUT2D eigenvalue weighted by molar-refractivity contribution is 7.86. The summed E-state index contributed by atoms with van der Waals surface area (Å²) in [6, 6.07) is 7.45. The largest absolute Gasteiger partial charge is 0.282 e. The molecule has 7 heteroatoms. The molecular formula is C14H21N3O2S2. The second-order valence-electron chi connectivity index (χ2n) is 5.33. The molecule has 0 N–H and O–H groups in total. The number of para-hydroxylation sites is 1. The molecule has 2 aromatic rings. The lowest BCUT2D eigenvalue weighted by Gasteiger charge is -2.29. The third-order valence-corrected chi connectivity index (χ3v) is 7.07. The Bertz CT molecular complexity index is 692. The number of benzene rings is 1. The average molecular weight is 327 g/mol. The van der Waals surface area contributed by atoms with Gasteiger partial charge in [0.2, 0.25) is 0 Å². The van der Waals surface area contributed by atoms with Crippen molar-refractivity contribution in [2.24, 2.45) is 0 Å². The highest BCUT2D eigenvalue weighted by atomic mass is 32.2. The summed E-state index contributed by atoms with van der Waals surface area (Å²) in [4.78, 5) is 4.55. The molecule has 21 heavy (non-hydrogen) atoms. The first-order valence-electron chi connectivity index (χ1n) is 6.81. The molecule has 5 nitrogen and oxygen atoms in total. The van der Waals surface area contributed by atoms with Crippen molar-refractivity contribution in [3.05, 3.63) is 29.3 Å². The van der Waals surface area contributed by atoms with Crippen LogP contribution in [0.15, 0.2) is 24.3 Å². The molecule has 0 radical (unpaired) electrons. The van der Waals surface area contributed by atoms with Gasteiger partial charge in [0, 0.05) is 20.1 Å². The molecule has 0 aliphatic carbocycles. The Balaban J connectivity index is 2.32. The smallest absolute Gasteiger partial charge is 0.239 e. The van der Waals surface area contributed by atoms with Crippen molar-refractivity contribution in [1.29, 1.82) is 0 Å². The first kappa shape index (κ1) is 16.4. The lowest BCUT2D eigenvalue weighted by Crippen LogP contribution is -2.43. The van der Waals surface area contributed by atoms with Gasteiger partial charge in [0.15, 0.2) is 0 Å². The Labute approximate surface area is 130 Å². The predicted molar refractivity (Wildman–Crippen MR) is 87.6 cm³/mol. The van der Waals surface area contributed by atoms with Crippen LogP contribution in [0, 0.1) is 0 Å². The zero-order valence-corrected chi connectivity index (χ0v) is 14.6. The number of hydrogen-bond donors (Lipinski definition) is 0. The standard InChI is InChI=1S/C14H21N3O2S2/c1-10(2)16(4)21(18,19)17(5)11(3)14-15-12-8-6-7-9-13(12)20-14/h6-11H,1-5H3. The third-order valence-electron chi connectivity index (χ3n) is 3.67. The fourth-order valence-corrected chi connectivity index (χ4v) is 4.46. The van der Waals surface area contributed by atoms with Crippen LogP contribution in [0.2, 0.25) is 0 Å². The van der Waals surface area contributed by atoms with E-state index in [1.807, 2.05) is 45.0 Å². The van der Waals surface area contributed by atoms with Crippen molar-refractivity contribution in [2.45, 2.75) is 32.9 Å². The topological polar surface area (TPSA) is 53.5 Å². The molecule has 0 bridgehead atoms. The van der Waals surface area contributed by atoms with Crippen LogP contribution in [0.25, 0.3) is 10.2 Å². The van der Waals surface area contributed by atoms with Gasteiger partial charge in [-0.05, 0) is 32.9 Å². The van der Waals surface area contributed by atoms with E-state index in [2.05, 4.69) is 4.98 Å². The van der Waals surface area contributed by atoms with Gasteiger partial charge in [-0.1, -0.05) is 12.1 Å². The quantitative estimate of drug-likeness (QED) is 0.848. The Kier molecular flexibility index (Phi) is 4.67. The van der Waals surface area contributed by atoms with E-state index in [1.54, 1.807) is 14.1 Å². The van der Waals surface area contributed by atoms with Crippen LogP contribution in [-0.4, -0.2) is 42.1 Å². The van der Waals surface area contributed by atoms with Gasteiger partial charge < -0.3 is 0 Å². The summed E-state index contributed by atoms with van der Waals surface area (Å²) in [6.07, 6.45) is 0. The van der Waals surface area contributed by atoms with Crippen molar-refractivity contribution in [2.75, 3.05) is 14.1 Å². The number of rotatable bonds is 5.